The second-order valence-corrected chi connectivity index (χ2v) is 2.44. The van der Waals surface area contributed by atoms with E-state index in [1.807, 2.05) is 0 Å². The molecule has 0 amide bonds. The Kier molecular flexibility index (Phi) is 2.64. The molecular formula is C9H9NO3. The minimum atomic E-state index is -1.05. The number of hydrogen-bond acceptors (Lipinski definition) is 3. The Morgan fingerprint density at radius 3 is 2.69 bits per heavy atom. The van der Waals surface area contributed by atoms with Gasteiger partial charge in [-0.2, -0.15) is 0 Å². The van der Waals surface area contributed by atoms with Gasteiger partial charge in [0.05, 0.1) is 11.3 Å². The van der Waals surface area contributed by atoms with Gasteiger partial charge < -0.3 is 10.4 Å². The lowest BCUT2D eigenvalue weighted by molar-refractivity contribution is 0.0698. The van der Waals surface area contributed by atoms with E-state index in [-0.39, 0.29) is 5.56 Å². The second kappa shape index (κ2) is 3.71. The van der Waals surface area contributed by atoms with E-state index in [1.54, 1.807) is 13.1 Å². The highest BCUT2D eigenvalue weighted by Crippen LogP contribution is 2.18. The second-order valence-electron chi connectivity index (χ2n) is 2.44. The molecule has 1 aromatic rings. The minimum Gasteiger partial charge on any atom is -0.478 e. The quantitative estimate of drug-likeness (QED) is 0.685. The number of aromatic carboxylic acids is 1. The predicted molar refractivity (Wildman–Crippen MR) is 48.3 cm³/mol. The molecule has 0 saturated heterocycles. The molecule has 4 nitrogen and oxygen atoms in total. The van der Waals surface area contributed by atoms with Gasteiger partial charge in [0.2, 0.25) is 0 Å². The minimum absolute atomic E-state index is 0.104. The van der Waals surface area contributed by atoms with E-state index in [0.717, 1.165) is 0 Å². The number of carbonyl (C=O) groups excluding carboxylic acids is 1. The molecule has 0 heterocycles. The molecule has 2 N–H and O–H groups in total. The van der Waals surface area contributed by atoms with E-state index < -0.39 is 5.97 Å². The monoisotopic (exact) mass is 179 g/mol. The van der Waals surface area contributed by atoms with Gasteiger partial charge in [0, 0.05) is 12.6 Å². The van der Waals surface area contributed by atoms with E-state index in [9.17, 15) is 9.59 Å². The van der Waals surface area contributed by atoms with Crippen LogP contribution in [-0.4, -0.2) is 24.4 Å². The average Bonchev–Trinajstić information content (AvgIpc) is 2.16. The molecule has 0 aliphatic rings. The highest BCUT2D eigenvalue weighted by molar-refractivity contribution is 5.99. The highest BCUT2D eigenvalue weighted by atomic mass is 16.4. The SMILES string of the molecule is CNc1c(C=O)cccc1C(=O)O. The fraction of sp³-hybridized carbons (Fsp3) is 0.111. The Morgan fingerprint density at radius 2 is 2.23 bits per heavy atom. The van der Waals surface area contributed by atoms with Crippen molar-refractivity contribution >= 4 is 17.9 Å². The third-order valence-electron chi connectivity index (χ3n) is 1.70. The van der Waals surface area contributed by atoms with E-state index >= 15 is 0 Å². The van der Waals surface area contributed by atoms with Crippen LogP contribution in [0.3, 0.4) is 0 Å². The number of benzene rings is 1. The van der Waals surface area contributed by atoms with Crippen molar-refractivity contribution in [3.05, 3.63) is 29.3 Å². The topological polar surface area (TPSA) is 66.4 Å². The smallest absolute Gasteiger partial charge is 0.337 e. The molecule has 1 rings (SSSR count). The predicted octanol–water partition coefficient (Wildman–Crippen LogP) is 1.24. The van der Waals surface area contributed by atoms with Crippen LogP contribution in [0.1, 0.15) is 20.7 Å². The van der Waals surface area contributed by atoms with Crippen LogP contribution < -0.4 is 5.32 Å². The van der Waals surface area contributed by atoms with Crippen LogP contribution in [0.25, 0.3) is 0 Å². The van der Waals surface area contributed by atoms with Crippen molar-refractivity contribution < 1.29 is 14.7 Å². The fourth-order valence-electron chi connectivity index (χ4n) is 1.13. The van der Waals surface area contributed by atoms with Gasteiger partial charge in [-0.3, -0.25) is 4.79 Å². The summed E-state index contributed by atoms with van der Waals surface area (Å²) < 4.78 is 0. The van der Waals surface area contributed by atoms with E-state index in [4.69, 9.17) is 5.11 Å². The summed E-state index contributed by atoms with van der Waals surface area (Å²) in [6.45, 7) is 0. The molecule has 0 aromatic heterocycles. The summed E-state index contributed by atoms with van der Waals surface area (Å²) in [4.78, 5) is 21.2. The summed E-state index contributed by atoms with van der Waals surface area (Å²) >= 11 is 0. The van der Waals surface area contributed by atoms with Crippen molar-refractivity contribution in [2.75, 3.05) is 12.4 Å². The first-order valence-corrected chi connectivity index (χ1v) is 3.70. The summed E-state index contributed by atoms with van der Waals surface area (Å²) in [6, 6.07) is 4.54. The van der Waals surface area contributed by atoms with E-state index in [2.05, 4.69) is 5.32 Å². The Balaban J connectivity index is 3.35. The first-order chi connectivity index (χ1) is 6.20. The first-order valence-electron chi connectivity index (χ1n) is 3.70. The fourth-order valence-corrected chi connectivity index (χ4v) is 1.13. The van der Waals surface area contributed by atoms with Crippen molar-refractivity contribution in [3.8, 4) is 0 Å². The van der Waals surface area contributed by atoms with E-state index in [0.29, 0.717) is 17.5 Å². The number of carboxylic acids is 1. The lowest BCUT2D eigenvalue weighted by Crippen LogP contribution is -2.05. The standard InChI is InChI=1S/C9H9NO3/c1-10-8-6(5-11)3-2-4-7(8)9(12)13/h2-5,10H,1H3,(H,12,13). The molecule has 1 aromatic carbocycles. The van der Waals surface area contributed by atoms with Gasteiger partial charge in [0.15, 0.2) is 6.29 Å². The van der Waals surface area contributed by atoms with Crippen molar-refractivity contribution in [1.29, 1.82) is 0 Å². The summed E-state index contributed by atoms with van der Waals surface area (Å²) in [6.07, 6.45) is 0.623. The van der Waals surface area contributed by atoms with Crippen LogP contribution in [0.2, 0.25) is 0 Å². The van der Waals surface area contributed by atoms with Crippen LogP contribution in [0.4, 0.5) is 5.69 Å². The molecule has 0 aliphatic heterocycles. The molecule has 68 valence electrons. The molecule has 0 atom stereocenters. The van der Waals surface area contributed by atoms with Crippen molar-refractivity contribution in [2.24, 2.45) is 0 Å². The van der Waals surface area contributed by atoms with Gasteiger partial charge in [0.25, 0.3) is 0 Å². The molecule has 4 heteroatoms. The number of carbonyl (C=O) groups is 2. The molecular weight excluding hydrogens is 170 g/mol. The van der Waals surface area contributed by atoms with Gasteiger partial charge in [-0.25, -0.2) is 4.79 Å². The van der Waals surface area contributed by atoms with Crippen LogP contribution in [0, 0.1) is 0 Å². The largest absolute Gasteiger partial charge is 0.478 e. The van der Waals surface area contributed by atoms with Crippen LogP contribution in [-0.2, 0) is 0 Å². The van der Waals surface area contributed by atoms with Gasteiger partial charge in [0.1, 0.15) is 0 Å². The van der Waals surface area contributed by atoms with E-state index in [1.165, 1.54) is 12.1 Å². The Bertz CT molecular complexity index is 347. The molecule has 0 fully saturated rings. The normalized spacial score (nSPS) is 9.31. The molecule has 13 heavy (non-hydrogen) atoms. The Labute approximate surface area is 75.2 Å². The molecule has 0 unspecified atom stereocenters. The maximum absolute atomic E-state index is 10.7. The zero-order valence-corrected chi connectivity index (χ0v) is 7.07. The number of aldehydes is 1. The zero-order chi connectivity index (χ0) is 9.84. The van der Waals surface area contributed by atoms with Crippen molar-refractivity contribution in [2.45, 2.75) is 0 Å². The molecule has 0 radical (unpaired) electrons. The Morgan fingerprint density at radius 1 is 1.54 bits per heavy atom. The maximum Gasteiger partial charge on any atom is 0.337 e. The molecule has 0 bridgehead atoms. The van der Waals surface area contributed by atoms with Crippen molar-refractivity contribution in [1.82, 2.24) is 0 Å². The number of nitrogens with one attached hydrogen (secondary N) is 1. The number of carboxylic acid groups (broad SMARTS) is 1. The van der Waals surface area contributed by atoms with Gasteiger partial charge >= 0.3 is 5.97 Å². The third kappa shape index (κ3) is 1.66. The first kappa shape index (κ1) is 9.25. The van der Waals surface area contributed by atoms with Crippen molar-refractivity contribution in [3.63, 3.8) is 0 Å². The van der Waals surface area contributed by atoms with Gasteiger partial charge in [-0.15, -0.1) is 0 Å². The van der Waals surface area contributed by atoms with Gasteiger partial charge in [-0.05, 0) is 12.1 Å². The van der Waals surface area contributed by atoms with Crippen LogP contribution >= 0.6 is 0 Å². The molecule has 0 spiro atoms. The third-order valence-corrected chi connectivity index (χ3v) is 1.70. The lowest BCUT2D eigenvalue weighted by atomic mass is 10.1. The summed E-state index contributed by atoms with van der Waals surface area (Å²) in [7, 11) is 1.58. The zero-order valence-electron chi connectivity index (χ0n) is 7.07. The van der Waals surface area contributed by atoms with Gasteiger partial charge in [-0.1, -0.05) is 6.07 Å². The number of para-hydroxylation sites is 1. The van der Waals surface area contributed by atoms with Crippen LogP contribution in [0.15, 0.2) is 18.2 Å². The highest BCUT2D eigenvalue weighted by Gasteiger charge is 2.11. The molecule has 0 aliphatic carbocycles. The number of anilines is 1. The summed E-state index contributed by atoms with van der Waals surface area (Å²) in [5, 5.41) is 11.4. The Hall–Kier alpha value is -1.84. The number of rotatable bonds is 3. The van der Waals surface area contributed by atoms with Crippen LogP contribution in [0.5, 0.6) is 0 Å². The molecule has 0 saturated carbocycles. The summed E-state index contributed by atoms with van der Waals surface area (Å²) in [5.41, 5.74) is 0.805. The maximum atomic E-state index is 10.7. The number of hydrogen-bond donors (Lipinski definition) is 2. The average molecular weight is 179 g/mol. The lowest BCUT2D eigenvalue weighted by Gasteiger charge is -2.06. The summed E-state index contributed by atoms with van der Waals surface area (Å²) in [5.74, 6) is -1.05.